The highest BCUT2D eigenvalue weighted by molar-refractivity contribution is 6.00. The Kier molecular flexibility index (Phi) is 3.58. The van der Waals surface area contributed by atoms with Gasteiger partial charge < -0.3 is 15.8 Å². The van der Waals surface area contributed by atoms with Crippen LogP contribution >= 0.6 is 0 Å². The zero-order chi connectivity index (χ0) is 15.7. The Hall–Kier alpha value is -2.40. The number of hydrogen-bond donors (Lipinski definition) is 2. The fraction of sp³-hybridized carbons (Fsp3) is 0.294. The lowest BCUT2D eigenvalue weighted by Crippen LogP contribution is -2.46. The molecule has 0 spiro atoms. The largest absolute Gasteiger partial charge is 0.496 e. The highest BCUT2D eigenvalue weighted by Crippen LogP contribution is 2.40. The second kappa shape index (κ2) is 5.42. The summed E-state index contributed by atoms with van der Waals surface area (Å²) in [5, 5.41) is 2.90. The smallest absolute Gasteiger partial charge is 0.249 e. The molecule has 1 aromatic heterocycles. The molecule has 22 heavy (non-hydrogen) atoms. The number of pyridine rings is 1. The molecule has 5 nitrogen and oxygen atoms in total. The number of anilines is 1. The van der Waals surface area contributed by atoms with Crippen LogP contribution in [0.25, 0.3) is 0 Å². The van der Waals surface area contributed by atoms with Gasteiger partial charge in [0.05, 0.1) is 18.5 Å². The fourth-order valence-electron chi connectivity index (χ4n) is 2.98. The van der Waals surface area contributed by atoms with Crippen molar-refractivity contribution in [2.24, 2.45) is 5.73 Å². The second-order valence-electron chi connectivity index (χ2n) is 5.55. The average Bonchev–Trinajstić information content (AvgIpc) is 2.88. The Morgan fingerprint density at radius 3 is 2.91 bits per heavy atom. The van der Waals surface area contributed by atoms with E-state index >= 15 is 0 Å². The van der Waals surface area contributed by atoms with Crippen LogP contribution in [0.1, 0.15) is 23.2 Å². The van der Waals surface area contributed by atoms with Crippen LogP contribution in [-0.4, -0.2) is 18.0 Å². The van der Waals surface area contributed by atoms with Crippen LogP contribution in [0, 0.1) is 6.92 Å². The van der Waals surface area contributed by atoms with Gasteiger partial charge in [-0.3, -0.25) is 9.78 Å². The molecule has 1 unspecified atom stereocenters. The number of hydrogen-bond acceptors (Lipinski definition) is 4. The van der Waals surface area contributed by atoms with Gasteiger partial charge in [-0.25, -0.2) is 0 Å². The summed E-state index contributed by atoms with van der Waals surface area (Å²) in [7, 11) is 1.63. The zero-order valence-electron chi connectivity index (χ0n) is 12.7. The van der Waals surface area contributed by atoms with Crippen molar-refractivity contribution >= 4 is 11.6 Å². The van der Waals surface area contributed by atoms with Crippen LogP contribution in [0.4, 0.5) is 5.69 Å². The number of ether oxygens (including phenoxy) is 1. The molecule has 5 heteroatoms. The van der Waals surface area contributed by atoms with Gasteiger partial charge in [-0.15, -0.1) is 0 Å². The summed E-state index contributed by atoms with van der Waals surface area (Å²) in [5.74, 6) is 0.575. The maximum absolute atomic E-state index is 12.7. The lowest BCUT2D eigenvalue weighted by Gasteiger charge is -2.24. The molecular weight excluding hydrogens is 278 g/mol. The number of benzene rings is 1. The average molecular weight is 297 g/mol. The Bertz CT molecular complexity index is 730. The number of amides is 1. The van der Waals surface area contributed by atoms with E-state index in [9.17, 15) is 4.79 Å². The summed E-state index contributed by atoms with van der Waals surface area (Å²) in [5.41, 5.74) is 8.73. The Labute approximate surface area is 129 Å². The molecule has 0 saturated heterocycles. The number of rotatable bonds is 3. The summed E-state index contributed by atoms with van der Waals surface area (Å²) in [4.78, 5) is 16.9. The number of aryl methyl sites for hydroxylation is 1. The van der Waals surface area contributed by atoms with Gasteiger partial charge in [-0.2, -0.15) is 0 Å². The minimum atomic E-state index is -1.04. The first-order valence-electron chi connectivity index (χ1n) is 7.24. The van der Waals surface area contributed by atoms with E-state index < -0.39 is 5.54 Å². The molecule has 0 saturated carbocycles. The third-order valence-electron chi connectivity index (χ3n) is 4.26. The molecule has 1 amide bonds. The quantitative estimate of drug-likeness (QED) is 0.910. The van der Waals surface area contributed by atoms with E-state index in [4.69, 9.17) is 10.5 Å². The van der Waals surface area contributed by atoms with Gasteiger partial charge >= 0.3 is 0 Å². The summed E-state index contributed by atoms with van der Waals surface area (Å²) >= 11 is 0. The minimum absolute atomic E-state index is 0.212. The predicted octanol–water partition coefficient (Wildman–Crippen LogP) is 2.14. The summed E-state index contributed by atoms with van der Waals surface area (Å²) in [6.45, 7) is 1.85. The topological polar surface area (TPSA) is 77.2 Å². The summed E-state index contributed by atoms with van der Waals surface area (Å²) < 4.78 is 5.37. The van der Waals surface area contributed by atoms with Crippen LogP contribution in [0.15, 0.2) is 36.5 Å². The second-order valence-corrected chi connectivity index (χ2v) is 5.55. The SMILES string of the molecule is COc1cccc2c1CCC2(N)C(=O)Nc1cccnc1C. The molecule has 3 rings (SSSR count). The third-order valence-corrected chi connectivity index (χ3v) is 4.26. The van der Waals surface area contributed by atoms with Crippen molar-refractivity contribution in [2.75, 3.05) is 12.4 Å². The van der Waals surface area contributed by atoms with Crippen LogP contribution < -0.4 is 15.8 Å². The first-order valence-corrected chi connectivity index (χ1v) is 7.24. The standard InChI is InChI=1S/C17H19N3O2/c1-11-14(6-4-10-19-11)20-16(21)17(18)9-8-12-13(17)5-3-7-15(12)22-2/h3-7,10H,8-9,18H2,1-2H3,(H,20,21). The molecule has 1 aliphatic rings. The maximum Gasteiger partial charge on any atom is 0.249 e. The van der Waals surface area contributed by atoms with Gasteiger partial charge in [-0.05, 0) is 49.1 Å². The number of nitrogens with two attached hydrogens (primary N) is 1. The molecule has 1 heterocycles. The molecule has 114 valence electrons. The van der Waals surface area contributed by atoms with Crippen LogP contribution in [0.2, 0.25) is 0 Å². The molecule has 0 bridgehead atoms. The van der Waals surface area contributed by atoms with Crippen molar-refractivity contribution in [1.82, 2.24) is 4.98 Å². The lowest BCUT2D eigenvalue weighted by molar-refractivity contribution is -0.121. The zero-order valence-corrected chi connectivity index (χ0v) is 12.7. The molecule has 1 aromatic carbocycles. The number of methoxy groups -OCH3 is 1. The molecule has 0 radical (unpaired) electrons. The third kappa shape index (κ3) is 2.23. The highest BCUT2D eigenvalue weighted by atomic mass is 16.5. The molecule has 2 aromatic rings. The number of carbonyl (C=O) groups is 1. The van der Waals surface area contributed by atoms with Gasteiger partial charge in [0.2, 0.25) is 5.91 Å². The van der Waals surface area contributed by atoms with Gasteiger partial charge in [0.15, 0.2) is 0 Å². The normalized spacial score (nSPS) is 19.6. The van der Waals surface area contributed by atoms with E-state index in [0.29, 0.717) is 12.1 Å². The van der Waals surface area contributed by atoms with Gasteiger partial charge in [-0.1, -0.05) is 12.1 Å². The van der Waals surface area contributed by atoms with Crippen molar-refractivity contribution in [3.8, 4) is 5.75 Å². The number of aromatic nitrogens is 1. The molecular formula is C17H19N3O2. The van der Waals surface area contributed by atoms with Gasteiger partial charge in [0, 0.05) is 6.20 Å². The molecule has 3 N–H and O–H groups in total. The first-order chi connectivity index (χ1) is 10.6. The van der Waals surface area contributed by atoms with E-state index in [1.54, 1.807) is 19.4 Å². The predicted molar refractivity (Wildman–Crippen MR) is 84.8 cm³/mol. The lowest BCUT2D eigenvalue weighted by atomic mass is 9.91. The highest BCUT2D eigenvalue weighted by Gasteiger charge is 2.43. The van der Waals surface area contributed by atoms with Crippen LogP contribution in [0.3, 0.4) is 0 Å². The van der Waals surface area contributed by atoms with Crippen molar-refractivity contribution in [2.45, 2.75) is 25.3 Å². The van der Waals surface area contributed by atoms with E-state index in [2.05, 4.69) is 10.3 Å². The first kappa shape index (κ1) is 14.5. The van der Waals surface area contributed by atoms with Gasteiger partial charge in [0.25, 0.3) is 0 Å². The Balaban J connectivity index is 1.93. The summed E-state index contributed by atoms with van der Waals surface area (Å²) in [6.07, 6.45) is 2.99. The molecule has 0 fully saturated rings. The number of carbonyl (C=O) groups excluding carboxylic acids is 1. The molecule has 0 aliphatic heterocycles. The minimum Gasteiger partial charge on any atom is -0.496 e. The van der Waals surface area contributed by atoms with Crippen molar-refractivity contribution in [3.63, 3.8) is 0 Å². The number of nitrogens with one attached hydrogen (secondary N) is 1. The fourth-order valence-corrected chi connectivity index (χ4v) is 2.98. The van der Waals surface area contributed by atoms with Crippen molar-refractivity contribution in [1.29, 1.82) is 0 Å². The Morgan fingerprint density at radius 1 is 1.36 bits per heavy atom. The monoisotopic (exact) mass is 297 g/mol. The number of nitrogens with zero attached hydrogens (tertiary/aromatic N) is 1. The van der Waals surface area contributed by atoms with Gasteiger partial charge in [0.1, 0.15) is 11.3 Å². The Morgan fingerprint density at radius 2 is 2.18 bits per heavy atom. The van der Waals surface area contributed by atoms with E-state index in [1.807, 2.05) is 31.2 Å². The van der Waals surface area contributed by atoms with Crippen LogP contribution in [-0.2, 0) is 16.8 Å². The molecule has 1 aliphatic carbocycles. The van der Waals surface area contributed by atoms with E-state index in [0.717, 1.165) is 29.0 Å². The molecule has 1 atom stereocenters. The van der Waals surface area contributed by atoms with E-state index in [1.165, 1.54) is 0 Å². The van der Waals surface area contributed by atoms with Crippen molar-refractivity contribution < 1.29 is 9.53 Å². The maximum atomic E-state index is 12.7. The summed E-state index contributed by atoms with van der Waals surface area (Å²) in [6, 6.07) is 9.28. The van der Waals surface area contributed by atoms with E-state index in [-0.39, 0.29) is 5.91 Å². The van der Waals surface area contributed by atoms with Crippen molar-refractivity contribution in [3.05, 3.63) is 53.3 Å². The number of fused-ring (bicyclic) bond motifs is 1. The van der Waals surface area contributed by atoms with Crippen LogP contribution in [0.5, 0.6) is 5.75 Å².